The van der Waals surface area contributed by atoms with Crippen LogP contribution in [0.4, 0.5) is 5.69 Å². The summed E-state index contributed by atoms with van der Waals surface area (Å²) in [5, 5.41) is 3.31. The average molecular weight is 598 g/mol. The number of anilines is 1. The molecule has 2 aromatic carbocycles. The van der Waals surface area contributed by atoms with E-state index in [1.807, 2.05) is 12.1 Å². The van der Waals surface area contributed by atoms with Crippen molar-refractivity contribution in [2.45, 2.75) is 24.7 Å². The quantitative estimate of drug-likeness (QED) is 0.103. The highest BCUT2D eigenvalue weighted by molar-refractivity contribution is 7.86. The van der Waals surface area contributed by atoms with Crippen LogP contribution in [0.2, 0.25) is 0 Å². The Kier molecular flexibility index (Phi) is 18.6. The Morgan fingerprint density at radius 2 is 1.15 bits per heavy atom. The van der Waals surface area contributed by atoms with Crippen LogP contribution in [0.3, 0.4) is 0 Å². The first-order chi connectivity index (χ1) is 20.0. The van der Waals surface area contributed by atoms with Crippen molar-refractivity contribution in [2.75, 3.05) is 91.1 Å². The second-order valence-corrected chi connectivity index (χ2v) is 10.3. The number of esters is 1. The lowest BCUT2D eigenvalue weighted by molar-refractivity contribution is -0.0162. The lowest BCUT2D eigenvalue weighted by Gasteiger charge is -2.09. The Labute approximate surface area is 243 Å². The van der Waals surface area contributed by atoms with Crippen LogP contribution in [0.15, 0.2) is 59.5 Å². The zero-order valence-electron chi connectivity index (χ0n) is 23.8. The van der Waals surface area contributed by atoms with Gasteiger partial charge in [0, 0.05) is 12.2 Å². The van der Waals surface area contributed by atoms with Gasteiger partial charge in [-0.3, -0.25) is 4.18 Å². The molecule has 0 aliphatic rings. The number of carbonyl (C=O) groups excluding carboxylic acids is 1. The number of rotatable bonds is 25. The fourth-order valence-electron chi connectivity index (χ4n) is 3.25. The van der Waals surface area contributed by atoms with Crippen molar-refractivity contribution in [1.82, 2.24) is 0 Å². The topological polar surface area (TPSA) is 128 Å². The number of ether oxygens (including phenoxy) is 6. The average Bonchev–Trinajstić information content (AvgIpc) is 2.99. The first-order valence-electron chi connectivity index (χ1n) is 13.9. The molecule has 11 nitrogen and oxygen atoms in total. The SMILES string of the molecule is CCCCNc1ccc(C(=O)OCCOCCOCCOCCOCCOCCOS(=O)(=O)c2ccccc2)cc1. The van der Waals surface area contributed by atoms with Crippen molar-refractivity contribution in [3.8, 4) is 0 Å². The molecular weight excluding hydrogens is 554 g/mol. The third kappa shape index (κ3) is 16.5. The number of hydrogen-bond acceptors (Lipinski definition) is 11. The van der Waals surface area contributed by atoms with Gasteiger partial charge in [-0.1, -0.05) is 31.5 Å². The van der Waals surface area contributed by atoms with Crippen LogP contribution in [0.25, 0.3) is 0 Å². The van der Waals surface area contributed by atoms with Crippen LogP contribution < -0.4 is 5.32 Å². The van der Waals surface area contributed by atoms with E-state index >= 15 is 0 Å². The maximum Gasteiger partial charge on any atom is 0.338 e. The van der Waals surface area contributed by atoms with Gasteiger partial charge in [-0.2, -0.15) is 8.42 Å². The number of benzene rings is 2. The van der Waals surface area contributed by atoms with Gasteiger partial charge in [-0.25, -0.2) is 4.79 Å². The molecule has 0 unspecified atom stereocenters. The molecule has 0 radical (unpaired) electrons. The van der Waals surface area contributed by atoms with Crippen molar-refractivity contribution < 1.29 is 45.8 Å². The van der Waals surface area contributed by atoms with Crippen molar-refractivity contribution in [3.05, 3.63) is 60.2 Å². The second kappa shape index (κ2) is 22.1. The van der Waals surface area contributed by atoms with E-state index in [-0.39, 0.29) is 30.7 Å². The Morgan fingerprint density at radius 1 is 0.659 bits per heavy atom. The molecule has 0 saturated heterocycles. The predicted octanol–water partition coefficient (Wildman–Crippen LogP) is 3.54. The lowest BCUT2D eigenvalue weighted by Crippen LogP contribution is -2.15. The third-order valence-electron chi connectivity index (χ3n) is 5.43. The Balaban J connectivity index is 1.30. The molecule has 0 aliphatic carbocycles. The van der Waals surface area contributed by atoms with Crippen LogP contribution in [0.5, 0.6) is 0 Å². The van der Waals surface area contributed by atoms with Crippen LogP contribution in [-0.2, 0) is 42.7 Å². The monoisotopic (exact) mass is 597 g/mol. The van der Waals surface area contributed by atoms with Crippen molar-refractivity contribution in [3.63, 3.8) is 0 Å². The first kappa shape index (κ1) is 34.6. The highest BCUT2D eigenvalue weighted by Crippen LogP contribution is 2.12. The molecule has 0 aromatic heterocycles. The Morgan fingerprint density at radius 3 is 1.66 bits per heavy atom. The van der Waals surface area contributed by atoms with Crippen molar-refractivity contribution in [1.29, 1.82) is 0 Å². The highest BCUT2D eigenvalue weighted by atomic mass is 32.2. The van der Waals surface area contributed by atoms with E-state index in [1.165, 1.54) is 12.1 Å². The summed E-state index contributed by atoms with van der Waals surface area (Å²) >= 11 is 0. The van der Waals surface area contributed by atoms with E-state index in [1.54, 1.807) is 30.3 Å². The van der Waals surface area contributed by atoms with E-state index in [0.717, 1.165) is 25.1 Å². The van der Waals surface area contributed by atoms with Gasteiger partial charge in [0.05, 0.1) is 83.1 Å². The molecule has 0 fully saturated rings. The van der Waals surface area contributed by atoms with Crippen LogP contribution in [0, 0.1) is 0 Å². The van der Waals surface area contributed by atoms with Crippen LogP contribution in [-0.4, -0.2) is 100 Å². The zero-order valence-corrected chi connectivity index (χ0v) is 24.6. The molecule has 41 heavy (non-hydrogen) atoms. The van der Waals surface area contributed by atoms with Gasteiger partial charge in [-0.15, -0.1) is 0 Å². The molecular formula is C29H43NO10S. The standard InChI is InChI=1S/C29H43NO10S/c1-2-3-13-30-27-11-9-26(10-12-27)29(31)39-24-22-37-20-18-35-16-14-34-15-17-36-19-21-38-23-25-40-41(32,33)28-7-5-4-6-8-28/h4-12,30H,2-3,13-25H2,1H3. The van der Waals surface area contributed by atoms with E-state index in [9.17, 15) is 13.2 Å². The van der Waals surface area contributed by atoms with E-state index in [2.05, 4.69) is 12.2 Å². The van der Waals surface area contributed by atoms with Gasteiger partial charge in [0.2, 0.25) is 0 Å². The smallest absolute Gasteiger partial charge is 0.338 e. The number of carbonyl (C=O) groups is 1. The molecule has 0 aliphatic heterocycles. The largest absolute Gasteiger partial charge is 0.460 e. The van der Waals surface area contributed by atoms with Crippen LogP contribution in [0.1, 0.15) is 30.1 Å². The molecule has 230 valence electrons. The molecule has 1 N–H and O–H groups in total. The highest BCUT2D eigenvalue weighted by Gasteiger charge is 2.13. The molecule has 0 spiro atoms. The minimum atomic E-state index is -3.76. The van der Waals surface area contributed by atoms with Gasteiger partial charge in [0.1, 0.15) is 6.61 Å². The van der Waals surface area contributed by atoms with Crippen LogP contribution >= 0.6 is 0 Å². The first-order valence-corrected chi connectivity index (χ1v) is 15.3. The van der Waals surface area contributed by atoms with Gasteiger partial charge in [-0.05, 0) is 42.8 Å². The summed E-state index contributed by atoms with van der Waals surface area (Å²) < 4.78 is 61.0. The maximum atomic E-state index is 12.1. The molecule has 0 bridgehead atoms. The lowest BCUT2D eigenvalue weighted by atomic mass is 10.2. The molecule has 2 aromatic rings. The number of nitrogens with one attached hydrogen (secondary N) is 1. The maximum absolute atomic E-state index is 12.1. The van der Waals surface area contributed by atoms with Gasteiger partial charge in [0.15, 0.2) is 0 Å². The molecule has 0 atom stereocenters. The van der Waals surface area contributed by atoms with Crippen molar-refractivity contribution >= 4 is 21.8 Å². The normalized spacial score (nSPS) is 11.4. The summed E-state index contributed by atoms with van der Waals surface area (Å²) in [6, 6.07) is 15.2. The fraction of sp³-hybridized carbons (Fsp3) is 0.552. The molecule has 2 rings (SSSR count). The Bertz CT molecular complexity index is 1040. The van der Waals surface area contributed by atoms with E-state index in [4.69, 9.17) is 32.6 Å². The molecule has 12 heteroatoms. The summed E-state index contributed by atoms with van der Waals surface area (Å²) in [6.07, 6.45) is 2.23. The Hall–Kier alpha value is -2.58. The predicted molar refractivity (Wildman–Crippen MR) is 154 cm³/mol. The van der Waals surface area contributed by atoms with Gasteiger partial charge < -0.3 is 33.7 Å². The van der Waals surface area contributed by atoms with Gasteiger partial charge in [0.25, 0.3) is 10.1 Å². The van der Waals surface area contributed by atoms with E-state index in [0.29, 0.717) is 65.0 Å². The minimum absolute atomic E-state index is 0.0642. The summed E-state index contributed by atoms with van der Waals surface area (Å²) in [4.78, 5) is 12.2. The van der Waals surface area contributed by atoms with E-state index < -0.39 is 10.1 Å². The second-order valence-electron chi connectivity index (χ2n) is 8.64. The minimum Gasteiger partial charge on any atom is -0.460 e. The third-order valence-corrected chi connectivity index (χ3v) is 6.75. The summed E-state index contributed by atoms with van der Waals surface area (Å²) in [7, 11) is -3.76. The molecule has 0 saturated carbocycles. The number of hydrogen-bond donors (Lipinski definition) is 1. The summed E-state index contributed by atoms with van der Waals surface area (Å²) in [6.45, 7) is 6.76. The summed E-state index contributed by atoms with van der Waals surface area (Å²) in [5.41, 5.74) is 1.49. The van der Waals surface area contributed by atoms with Gasteiger partial charge >= 0.3 is 5.97 Å². The molecule has 0 heterocycles. The summed E-state index contributed by atoms with van der Waals surface area (Å²) in [5.74, 6) is -0.375. The number of unbranched alkanes of at least 4 members (excludes halogenated alkanes) is 1. The van der Waals surface area contributed by atoms with Crippen molar-refractivity contribution in [2.24, 2.45) is 0 Å². The zero-order chi connectivity index (χ0) is 29.4. The molecule has 0 amide bonds. The fourth-order valence-corrected chi connectivity index (χ4v) is 4.16.